The number of hydrogen-bond donors (Lipinski definition) is 1. The quantitative estimate of drug-likeness (QED) is 0.693. The normalized spacial score (nSPS) is 10.0. The van der Waals surface area contributed by atoms with Crippen molar-refractivity contribution in [3.05, 3.63) is 36.8 Å². The van der Waals surface area contributed by atoms with Gasteiger partial charge in [-0.05, 0) is 37.6 Å². The van der Waals surface area contributed by atoms with Gasteiger partial charge in [0.1, 0.15) is 5.75 Å². The highest BCUT2D eigenvalue weighted by Crippen LogP contribution is 2.11. The molecule has 0 amide bonds. The first-order valence-electron chi connectivity index (χ1n) is 4.40. The first kappa shape index (κ1) is 10.1. The monoisotopic (exact) mass is 177 g/mol. The molecule has 1 rings (SSSR count). The zero-order valence-electron chi connectivity index (χ0n) is 7.92. The predicted octanol–water partition coefficient (Wildman–Crippen LogP) is 1.89. The zero-order valence-corrected chi connectivity index (χ0v) is 7.92. The molecule has 0 heterocycles. The molecule has 1 aromatic carbocycles. The Hall–Kier alpha value is -1.02. The van der Waals surface area contributed by atoms with Crippen LogP contribution in [0.1, 0.15) is 12.0 Å². The molecule has 0 aliphatic carbocycles. The highest BCUT2D eigenvalue weighted by atomic mass is 16.5. The minimum atomic E-state index is 0.671. The van der Waals surface area contributed by atoms with Crippen molar-refractivity contribution in [1.82, 2.24) is 5.32 Å². The fourth-order valence-electron chi connectivity index (χ4n) is 1.12. The van der Waals surface area contributed by atoms with Crippen LogP contribution in [0, 0.1) is 6.92 Å². The minimum absolute atomic E-state index is 0.671. The fourth-order valence-corrected chi connectivity index (χ4v) is 1.12. The molecule has 0 unspecified atom stereocenters. The molecule has 2 nitrogen and oxygen atoms in total. The van der Waals surface area contributed by atoms with E-state index < -0.39 is 0 Å². The summed E-state index contributed by atoms with van der Waals surface area (Å²) < 4.78 is 5.11. The Morgan fingerprint density at radius 1 is 1.46 bits per heavy atom. The van der Waals surface area contributed by atoms with Gasteiger partial charge in [-0.3, -0.25) is 0 Å². The van der Waals surface area contributed by atoms with E-state index in [2.05, 4.69) is 11.4 Å². The zero-order chi connectivity index (χ0) is 9.52. The molecule has 0 saturated carbocycles. The van der Waals surface area contributed by atoms with E-state index in [0.717, 1.165) is 18.8 Å². The lowest BCUT2D eigenvalue weighted by Gasteiger charge is -2.05. The van der Waals surface area contributed by atoms with Crippen LogP contribution in [0.3, 0.4) is 0 Å². The van der Waals surface area contributed by atoms with Gasteiger partial charge in [-0.15, -0.1) is 0 Å². The predicted molar refractivity (Wildman–Crippen MR) is 53.6 cm³/mol. The highest BCUT2D eigenvalue weighted by Gasteiger charge is 1.94. The molecule has 0 aliphatic rings. The van der Waals surface area contributed by atoms with Gasteiger partial charge in [0, 0.05) is 6.54 Å². The summed E-state index contributed by atoms with van der Waals surface area (Å²) in [5, 5.41) is 3.22. The Kier molecular flexibility index (Phi) is 4.33. The smallest absolute Gasteiger partial charge is 0.119 e. The van der Waals surface area contributed by atoms with E-state index in [1.165, 1.54) is 5.56 Å². The molecule has 0 aromatic heterocycles. The minimum Gasteiger partial charge on any atom is -0.497 e. The second-order valence-electron chi connectivity index (χ2n) is 2.82. The van der Waals surface area contributed by atoms with E-state index in [-0.39, 0.29) is 0 Å². The van der Waals surface area contributed by atoms with Crippen LogP contribution >= 0.6 is 0 Å². The summed E-state index contributed by atoms with van der Waals surface area (Å²) >= 11 is 0. The molecule has 0 saturated heterocycles. The Bertz CT molecular complexity index is 248. The molecule has 0 spiro atoms. The maximum atomic E-state index is 5.36. The van der Waals surface area contributed by atoms with E-state index in [1.807, 2.05) is 18.2 Å². The SMILES string of the molecule is [CH]CCNCc1cccc(OC)c1. The second-order valence-corrected chi connectivity index (χ2v) is 2.82. The average Bonchev–Trinajstić information content (AvgIpc) is 2.19. The largest absolute Gasteiger partial charge is 0.497 e. The molecule has 0 aliphatic heterocycles. The summed E-state index contributed by atoms with van der Waals surface area (Å²) in [7, 11) is 1.67. The molecule has 0 atom stereocenters. The Morgan fingerprint density at radius 3 is 3.00 bits per heavy atom. The van der Waals surface area contributed by atoms with Gasteiger partial charge in [-0.2, -0.15) is 0 Å². The van der Waals surface area contributed by atoms with Crippen molar-refractivity contribution in [2.45, 2.75) is 13.0 Å². The topological polar surface area (TPSA) is 21.3 Å². The van der Waals surface area contributed by atoms with Crippen LogP contribution in [-0.4, -0.2) is 13.7 Å². The van der Waals surface area contributed by atoms with Crippen LogP contribution in [-0.2, 0) is 6.54 Å². The van der Waals surface area contributed by atoms with Crippen molar-refractivity contribution in [2.75, 3.05) is 13.7 Å². The molecule has 0 bridgehead atoms. The van der Waals surface area contributed by atoms with E-state index in [0.29, 0.717) is 6.42 Å². The van der Waals surface area contributed by atoms with Crippen molar-refractivity contribution in [2.24, 2.45) is 0 Å². The number of methoxy groups -OCH3 is 1. The Labute approximate surface area is 79.9 Å². The highest BCUT2D eigenvalue weighted by molar-refractivity contribution is 5.28. The summed E-state index contributed by atoms with van der Waals surface area (Å²) in [6.07, 6.45) is 0.671. The van der Waals surface area contributed by atoms with Gasteiger partial charge in [-0.25, -0.2) is 0 Å². The summed E-state index contributed by atoms with van der Waals surface area (Å²) in [5.41, 5.74) is 1.22. The first-order chi connectivity index (χ1) is 6.36. The number of nitrogens with one attached hydrogen (secondary N) is 1. The molecule has 0 fully saturated rings. The van der Waals surface area contributed by atoms with Crippen LogP contribution in [0.2, 0.25) is 0 Å². The molecule has 2 heteroatoms. The molecule has 1 aromatic rings. The second kappa shape index (κ2) is 5.60. The Balaban J connectivity index is 2.46. The summed E-state index contributed by atoms with van der Waals surface area (Å²) in [5.74, 6) is 0.895. The molecular formula is C11H15NO. The summed E-state index contributed by atoms with van der Waals surface area (Å²) in [4.78, 5) is 0. The lowest BCUT2D eigenvalue weighted by Crippen LogP contribution is -2.13. The van der Waals surface area contributed by atoms with Crippen molar-refractivity contribution in [3.63, 3.8) is 0 Å². The molecular weight excluding hydrogens is 162 g/mol. The number of benzene rings is 1. The molecule has 13 heavy (non-hydrogen) atoms. The van der Waals surface area contributed by atoms with Crippen molar-refractivity contribution >= 4 is 0 Å². The van der Waals surface area contributed by atoms with Gasteiger partial charge in [0.15, 0.2) is 0 Å². The first-order valence-corrected chi connectivity index (χ1v) is 4.40. The van der Waals surface area contributed by atoms with E-state index in [4.69, 9.17) is 11.7 Å². The molecule has 1 N–H and O–H groups in total. The third kappa shape index (κ3) is 3.47. The van der Waals surface area contributed by atoms with Gasteiger partial charge in [0.25, 0.3) is 0 Å². The van der Waals surface area contributed by atoms with Crippen LogP contribution in [0.4, 0.5) is 0 Å². The summed E-state index contributed by atoms with van der Waals surface area (Å²) in [6, 6.07) is 8.00. The number of rotatable bonds is 5. The van der Waals surface area contributed by atoms with Gasteiger partial charge in [0.05, 0.1) is 7.11 Å². The maximum absolute atomic E-state index is 5.36. The van der Waals surface area contributed by atoms with Gasteiger partial charge >= 0.3 is 0 Å². The van der Waals surface area contributed by atoms with Gasteiger partial charge in [0.2, 0.25) is 0 Å². The average molecular weight is 177 g/mol. The number of ether oxygens (including phenoxy) is 1. The van der Waals surface area contributed by atoms with Crippen molar-refractivity contribution in [3.8, 4) is 5.75 Å². The van der Waals surface area contributed by atoms with Crippen LogP contribution in [0.5, 0.6) is 5.75 Å². The molecule has 70 valence electrons. The third-order valence-corrected chi connectivity index (χ3v) is 1.78. The van der Waals surface area contributed by atoms with Gasteiger partial charge in [-0.1, -0.05) is 12.1 Å². The van der Waals surface area contributed by atoms with Crippen molar-refractivity contribution in [1.29, 1.82) is 0 Å². The Morgan fingerprint density at radius 2 is 2.31 bits per heavy atom. The summed E-state index contributed by atoms with van der Waals surface area (Å²) in [6.45, 7) is 7.05. The van der Waals surface area contributed by atoms with Gasteiger partial charge < -0.3 is 10.1 Å². The molecule has 2 radical (unpaired) electrons. The van der Waals surface area contributed by atoms with E-state index >= 15 is 0 Å². The van der Waals surface area contributed by atoms with Crippen LogP contribution < -0.4 is 10.1 Å². The lowest BCUT2D eigenvalue weighted by atomic mass is 10.2. The van der Waals surface area contributed by atoms with E-state index in [1.54, 1.807) is 7.11 Å². The van der Waals surface area contributed by atoms with Crippen molar-refractivity contribution < 1.29 is 4.74 Å². The standard InChI is InChI=1S/C11H15NO/c1-3-7-12-9-10-5-4-6-11(8-10)13-2/h1,4-6,8,12H,3,7,9H2,2H3. The van der Waals surface area contributed by atoms with Crippen LogP contribution in [0.25, 0.3) is 0 Å². The van der Waals surface area contributed by atoms with Crippen LogP contribution in [0.15, 0.2) is 24.3 Å². The van der Waals surface area contributed by atoms with E-state index in [9.17, 15) is 0 Å². The third-order valence-electron chi connectivity index (χ3n) is 1.78. The fraction of sp³-hybridized carbons (Fsp3) is 0.364. The number of hydrogen-bond acceptors (Lipinski definition) is 2. The maximum Gasteiger partial charge on any atom is 0.119 e. The lowest BCUT2D eigenvalue weighted by molar-refractivity contribution is 0.414.